The number of nitrogens with one attached hydrogen (secondary N) is 1. The van der Waals surface area contributed by atoms with Gasteiger partial charge in [0, 0.05) is 18.2 Å². The lowest BCUT2D eigenvalue weighted by Gasteiger charge is -2.21. The van der Waals surface area contributed by atoms with E-state index in [4.69, 9.17) is 0 Å². The van der Waals surface area contributed by atoms with E-state index in [0.717, 1.165) is 25.8 Å². The molecule has 0 aromatic heterocycles. The van der Waals surface area contributed by atoms with Crippen LogP contribution < -0.4 is 5.32 Å². The lowest BCUT2D eigenvalue weighted by Crippen LogP contribution is -2.32. The van der Waals surface area contributed by atoms with Crippen molar-refractivity contribution in [3.63, 3.8) is 0 Å². The molecule has 0 fully saturated rings. The smallest absolute Gasteiger partial charge is 0.269 e. The zero-order chi connectivity index (χ0) is 14.3. The van der Waals surface area contributed by atoms with Gasteiger partial charge in [0.1, 0.15) is 0 Å². The third kappa shape index (κ3) is 5.39. The highest BCUT2D eigenvalue weighted by Gasteiger charge is 2.11. The van der Waals surface area contributed by atoms with Gasteiger partial charge in [-0.1, -0.05) is 26.0 Å². The van der Waals surface area contributed by atoms with Crippen LogP contribution in [0.25, 0.3) is 0 Å². The van der Waals surface area contributed by atoms with Crippen LogP contribution in [0.4, 0.5) is 5.69 Å². The van der Waals surface area contributed by atoms with Gasteiger partial charge in [0.2, 0.25) is 0 Å². The molecular formula is C15H24N2O2. The zero-order valence-corrected chi connectivity index (χ0v) is 12.1. The van der Waals surface area contributed by atoms with Crippen LogP contribution in [0.3, 0.4) is 0 Å². The summed E-state index contributed by atoms with van der Waals surface area (Å²) < 4.78 is 0. The van der Waals surface area contributed by atoms with Gasteiger partial charge in [-0.25, -0.2) is 0 Å². The number of nitro benzene ring substituents is 1. The standard InChI is InChI=1S/C15H24N2O2/c1-4-11-16-13(3)12(2)5-6-14-7-9-15(10-8-14)17(18)19/h7-10,12-13,16H,4-6,11H2,1-3H3. The zero-order valence-electron chi connectivity index (χ0n) is 12.1. The molecule has 106 valence electrons. The van der Waals surface area contributed by atoms with Crippen LogP contribution in [0.5, 0.6) is 0 Å². The SMILES string of the molecule is CCCNC(C)C(C)CCc1ccc([N+](=O)[O-])cc1. The lowest BCUT2D eigenvalue weighted by molar-refractivity contribution is -0.384. The second-order valence-corrected chi connectivity index (χ2v) is 5.18. The van der Waals surface area contributed by atoms with E-state index < -0.39 is 0 Å². The van der Waals surface area contributed by atoms with Crippen molar-refractivity contribution in [3.05, 3.63) is 39.9 Å². The fourth-order valence-electron chi connectivity index (χ4n) is 2.00. The van der Waals surface area contributed by atoms with E-state index >= 15 is 0 Å². The van der Waals surface area contributed by atoms with Crippen molar-refractivity contribution in [2.75, 3.05) is 6.54 Å². The minimum Gasteiger partial charge on any atom is -0.314 e. The molecule has 19 heavy (non-hydrogen) atoms. The van der Waals surface area contributed by atoms with Gasteiger partial charge in [0.25, 0.3) is 5.69 Å². The number of rotatable bonds is 8. The van der Waals surface area contributed by atoms with E-state index in [1.54, 1.807) is 12.1 Å². The number of nitro groups is 1. The van der Waals surface area contributed by atoms with Crippen LogP contribution in [-0.2, 0) is 6.42 Å². The Bertz CT molecular complexity index is 390. The first-order valence-corrected chi connectivity index (χ1v) is 7.01. The van der Waals surface area contributed by atoms with Crippen molar-refractivity contribution in [2.45, 2.75) is 46.1 Å². The van der Waals surface area contributed by atoms with Crippen molar-refractivity contribution in [2.24, 2.45) is 5.92 Å². The van der Waals surface area contributed by atoms with Gasteiger partial charge in [-0.2, -0.15) is 0 Å². The Balaban J connectivity index is 2.41. The third-order valence-corrected chi connectivity index (χ3v) is 3.61. The Labute approximate surface area is 115 Å². The molecule has 4 nitrogen and oxygen atoms in total. The topological polar surface area (TPSA) is 55.2 Å². The van der Waals surface area contributed by atoms with Crippen LogP contribution in [0.2, 0.25) is 0 Å². The molecule has 0 spiro atoms. The number of nitrogens with zero attached hydrogens (tertiary/aromatic N) is 1. The minimum absolute atomic E-state index is 0.162. The van der Waals surface area contributed by atoms with Crippen molar-refractivity contribution >= 4 is 5.69 Å². The van der Waals surface area contributed by atoms with E-state index in [1.165, 1.54) is 5.56 Å². The molecule has 1 N–H and O–H groups in total. The third-order valence-electron chi connectivity index (χ3n) is 3.61. The van der Waals surface area contributed by atoms with Gasteiger partial charge >= 0.3 is 0 Å². The first kappa shape index (κ1) is 15.6. The molecule has 0 bridgehead atoms. The molecule has 2 atom stereocenters. The molecule has 0 aliphatic rings. The lowest BCUT2D eigenvalue weighted by atomic mass is 9.95. The monoisotopic (exact) mass is 264 g/mol. The summed E-state index contributed by atoms with van der Waals surface area (Å²) in [6, 6.07) is 7.39. The predicted molar refractivity (Wildman–Crippen MR) is 78.3 cm³/mol. The first-order chi connectivity index (χ1) is 9.04. The van der Waals surface area contributed by atoms with Crippen LogP contribution in [0.1, 0.15) is 39.2 Å². The summed E-state index contributed by atoms with van der Waals surface area (Å²) in [6.07, 6.45) is 3.21. The molecule has 1 aromatic carbocycles. The Hall–Kier alpha value is -1.42. The molecule has 0 aliphatic heterocycles. The normalized spacial score (nSPS) is 14.1. The quantitative estimate of drug-likeness (QED) is 0.577. The number of benzene rings is 1. The average molecular weight is 264 g/mol. The Morgan fingerprint density at radius 1 is 1.26 bits per heavy atom. The highest BCUT2D eigenvalue weighted by atomic mass is 16.6. The van der Waals surface area contributed by atoms with Crippen LogP contribution >= 0.6 is 0 Å². The summed E-state index contributed by atoms with van der Waals surface area (Å²) in [4.78, 5) is 10.2. The molecule has 1 aromatic rings. The van der Waals surface area contributed by atoms with Gasteiger partial charge in [0.05, 0.1) is 4.92 Å². The maximum atomic E-state index is 10.6. The van der Waals surface area contributed by atoms with Crippen LogP contribution in [0, 0.1) is 16.0 Å². The van der Waals surface area contributed by atoms with Gasteiger partial charge < -0.3 is 5.32 Å². The molecule has 0 radical (unpaired) electrons. The van der Waals surface area contributed by atoms with E-state index in [-0.39, 0.29) is 10.6 Å². The molecule has 0 heterocycles. The summed E-state index contributed by atoms with van der Waals surface area (Å²) in [5.41, 5.74) is 1.33. The molecule has 1 rings (SSSR count). The van der Waals surface area contributed by atoms with Crippen molar-refractivity contribution in [3.8, 4) is 0 Å². The first-order valence-electron chi connectivity index (χ1n) is 7.01. The van der Waals surface area contributed by atoms with Crippen LogP contribution in [0.15, 0.2) is 24.3 Å². The molecular weight excluding hydrogens is 240 g/mol. The van der Waals surface area contributed by atoms with Gasteiger partial charge in [-0.15, -0.1) is 0 Å². The summed E-state index contributed by atoms with van der Waals surface area (Å²) in [5, 5.41) is 14.1. The summed E-state index contributed by atoms with van der Waals surface area (Å²) in [6.45, 7) is 7.69. The largest absolute Gasteiger partial charge is 0.314 e. The highest BCUT2D eigenvalue weighted by Crippen LogP contribution is 2.16. The number of aryl methyl sites for hydroxylation is 1. The second-order valence-electron chi connectivity index (χ2n) is 5.18. The molecule has 0 saturated carbocycles. The molecule has 4 heteroatoms. The highest BCUT2D eigenvalue weighted by molar-refractivity contribution is 5.32. The van der Waals surface area contributed by atoms with E-state index in [1.807, 2.05) is 12.1 Å². The fourth-order valence-corrected chi connectivity index (χ4v) is 2.00. The van der Waals surface area contributed by atoms with Gasteiger partial charge in [-0.05, 0) is 44.2 Å². The van der Waals surface area contributed by atoms with E-state index in [2.05, 4.69) is 26.1 Å². The summed E-state index contributed by atoms with van der Waals surface area (Å²) in [7, 11) is 0. The van der Waals surface area contributed by atoms with Crippen molar-refractivity contribution < 1.29 is 4.92 Å². The number of non-ortho nitro benzene ring substituents is 1. The molecule has 0 amide bonds. The summed E-state index contributed by atoms with van der Waals surface area (Å²) >= 11 is 0. The maximum absolute atomic E-state index is 10.6. The second kappa shape index (κ2) is 7.89. The molecule has 0 saturated heterocycles. The molecule has 0 aliphatic carbocycles. The molecule has 2 unspecified atom stereocenters. The average Bonchev–Trinajstić information content (AvgIpc) is 2.42. The maximum Gasteiger partial charge on any atom is 0.269 e. The summed E-state index contributed by atoms with van der Waals surface area (Å²) in [5.74, 6) is 0.599. The van der Waals surface area contributed by atoms with Crippen LogP contribution in [-0.4, -0.2) is 17.5 Å². The fraction of sp³-hybridized carbons (Fsp3) is 0.600. The Morgan fingerprint density at radius 3 is 2.42 bits per heavy atom. The Kier molecular flexibility index (Phi) is 6.50. The van der Waals surface area contributed by atoms with Gasteiger partial charge in [0.15, 0.2) is 0 Å². The van der Waals surface area contributed by atoms with E-state index in [9.17, 15) is 10.1 Å². The van der Waals surface area contributed by atoms with Crippen molar-refractivity contribution in [1.82, 2.24) is 5.32 Å². The van der Waals surface area contributed by atoms with Gasteiger partial charge in [-0.3, -0.25) is 10.1 Å². The number of hydrogen-bond acceptors (Lipinski definition) is 3. The van der Waals surface area contributed by atoms with Crippen molar-refractivity contribution in [1.29, 1.82) is 0 Å². The van der Waals surface area contributed by atoms with E-state index in [0.29, 0.717) is 12.0 Å². The Morgan fingerprint density at radius 2 is 1.89 bits per heavy atom. The number of hydrogen-bond donors (Lipinski definition) is 1. The minimum atomic E-state index is -0.358. The predicted octanol–water partition coefficient (Wildman–Crippen LogP) is 3.55.